The number of aromatic nitrogens is 6. The summed E-state index contributed by atoms with van der Waals surface area (Å²) in [4.78, 5) is 61.0. The lowest BCUT2D eigenvalue weighted by Crippen LogP contribution is -2.22. The molecule has 0 N–H and O–H groups in total. The molecule has 4 aromatic heterocycles. The first-order valence-corrected chi connectivity index (χ1v) is 16.1. The SMILES string of the molecule is CN(C)C(=O)c1ccc(CC(=O)Cc2ccc([C@H]3CCC[C@H](c4ccc(CC(=O)Cc5ccc(C(=O)N(C)C)cn5)nn4)C3)nn2)nc1. The van der Waals surface area contributed by atoms with Crippen molar-refractivity contribution in [2.45, 2.75) is 63.2 Å². The number of rotatable bonds is 12. The number of hydrogen-bond donors (Lipinski definition) is 0. The van der Waals surface area contributed by atoms with Crippen LogP contribution < -0.4 is 0 Å². The molecule has 0 saturated heterocycles. The predicted octanol–water partition coefficient (Wildman–Crippen LogP) is 3.61. The van der Waals surface area contributed by atoms with Gasteiger partial charge in [0.1, 0.15) is 11.6 Å². The monoisotopic (exact) mass is 648 g/mol. The standard InChI is InChI=1S/C36H40N8O4/c1-43(2)35(47)25-8-10-27(37-21-25)17-31(45)19-29-12-14-33(41-39-29)23-6-5-7-24(16-23)34-15-13-30(40-42-34)20-32(46)18-28-11-9-26(22-38-28)36(48)44(3)4/h8-15,21-24H,5-7,16-20H2,1-4H3/t23-,24-/m0/s1. The molecule has 0 unspecified atom stereocenters. The van der Waals surface area contributed by atoms with Crippen molar-refractivity contribution in [3.63, 3.8) is 0 Å². The molecule has 0 spiro atoms. The Morgan fingerprint density at radius 2 is 0.958 bits per heavy atom. The van der Waals surface area contributed by atoms with Gasteiger partial charge in [0.25, 0.3) is 11.8 Å². The van der Waals surface area contributed by atoms with Gasteiger partial charge in [-0.05, 0) is 67.8 Å². The van der Waals surface area contributed by atoms with Crippen molar-refractivity contribution in [3.05, 3.63) is 106 Å². The molecule has 48 heavy (non-hydrogen) atoms. The molecule has 0 aliphatic heterocycles. The lowest BCUT2D eigenvalue weighted by Gasteiger charge is -2.28. The number of amides is 2. The Labute approximate surface area is 280 Å². The van der Waals surface area contributed by atoms with Crippen LogP contribution in [0.1, 0.15) is 92.4 Å². The molecule has 0 bridgehead atoms. The van der Waals surface area contributed by atoms with Gasteiger partial charge in [0.15, 0.2) is 0 Å². The number of ketones is 2. The Balaban J connectivity index is 1.10. The summed E-state index contributed by atoms with van der Waals surface area (Å²) in [5.41, 5.74) is 5.20. The minimum absolute atomic E-state index is 0.0266. The fraction of sp³-hybridized carbons (Fsp3) is 0.389. The highest BCUT2D eigenvalue weighted by molar-refractivity contribution is 5.94. The fourth-order valence-electron chi connectivity index (χ4n) is 5.85. The number of carbonyl (C=O) groups is 4. The largest absolute Gasteiger partial charge is 0.345 e. The van der Waals surface area contributed by atoms with Gasteiger partial charge in [0.05, 0.1) is 46.7 Å². The minimum Gasteiger partial charge on any atom is -0.345 e. The zero-order chi connectivity index (χ0) is 34.2. The van der Waals surface area contributed by atoms with Crippen LogP contribution >= 0.6 is 0 Å². The van der Waals surface area contributed by atoms with E-state index in [0.717, 1.165) is 37.1 Å². The van der Waals surface area contributed by atoms with Gasteiger partial charge in [-0.25, -0.2) is 0 Å². The second-order valence-electron chi connectivity index (χ2n) is 12.7. The second-order valence-corrected chi connectivity index (χ2v) is 12.7. The molecule has 1 fully saturated rings. The fourth-order valence-corrected chi connectivity index (χ4v) is 5.85. The van der Waals surface area contributed by atoms with Crippen molar-refractivity contribution in [2.75, 3.05) is 28.2 Å². The molecule has 248 valence electrons. The van der Waals surface area contributed by atoms with E-state index >= 15 is 0 Å². The van der Waals surface area contributed by atoms with Crippen LogP contribution in [-0.4, -0.2) is 91.7 Å². The van der Waals surface area contributed by atoms with Crippen molar-refractivity contribution in [1.29, 1.82) is 0 Å². The van der Waals surface area contributed by atoms with Crippen molar-refractivity contribution in [1.82, 2.24) is 40.2 Å². The predicted molar refractivity (Wildman–Crippen MR) is 177 cm³/mol. The summed E-state index contributed by atoms with van der Waals surface area (Å²) in [6.45, 7) is 0. The summed E-state index contributed by atoms with van der Waals surface area (Å²) in [5, 5.41) is 17.7. The zero-order valence-corrected chi connectivity index (χ0v) is 27.8. The third-order valence-electron chi connectivity index (χ3n) is 8.46. The highest BCUT2D eigenvalue weighted by atomic mass is 16.2. The molecule has 4 heterocycles. The number of carbonyl (C=O) groups excluding carboxylic acids is 4. The van der Waals surface area contributed by atoms with Gasteiger partial charge in [0.2, 0.25) is 0 Å². The van der Waals surface area contributed by atoms with Crippen molar-refractivity contribution in [3.8, 4) is 0 Å². The Hall–Kier alpha value is -5.26. The highest BCUT2D eigenvalue weighted by Crippen LogP contribution is 2.39. The molecular formula is C36H40N8O4. The van der Waals surface area contributed by atoms with Gasteiger partial charge in [-0.15, -0.1) is 0 Å². The quantitative estimate of drug-likeness (QED) is 0.223. The minimum atomic E-state index is -0.135. The van der Waals surface area contributed by atoms with E-state index in [2.05, 4.69) is 30.4 Å². The van der Waals surface area contributed by atoms with Crippen molar-refractivity contribution >= 4 is 23.4 Å². The van der Waals surface area contributed by atoms with Crippen LogP contribution in [0.15, 0.2) is 60.9 Å². The van der Waals surface area contributed by atoms with E-state index in [0.29, 0.717) is 33.9 Å². The molecule has 1 saturated carbocycles. The molecule has 0 radical (unpaired) electrons. The lowest BCUT2D eigenvalue weighted by molar-refractivity contribution is -0.118. The van der Waals surface area contributed by atoms with Crippen molar-refractivity contribution < 1.29 is 19.2 Å². The molecule has 12 heteroatoms. The van der Waals surface area contributed by atoms with Crippen LogP contribution in [0.3, 0.4) is 0 Å². The van der Waals surface area contributed by atoms with Crippen LogP contribution in [0.4, 0.5) is 0 Å². The molecule has 12 nitrogen and oxygen atoms in total. The van der Waals surface area contributed by atoms with Crippen molar-refractivity contribution in [2.24, 2.45) is 0 Å². The summed E-state index contributed by atoms with van der Waals surface area (Å²) >= 11 is 0. The smallest absolute Gasteiger partial charge is 0.254 e. The first-order chi connectivity index (χ1) is 23.0. The van der Waals surface area contributed by atoms with E-state index < -0.39 is 0 Å². The van der Waals surface area contributed by atoms with Gasteiger partial charge in [0, 0.05) is 76.6 Å². The molecule has 4 aromatic rings. The summed E-state index contributed by atoms with van der Waals surface area (Å²) in [6, 6.07) is 14.4. The van der Waals surface area contributed by atoms with Crippen LogP contribution in [0.5, 0.6) is 0 Å². The summed E-state index contributed by atoms with van der Waals surface area (Å²) in [7, 11) is 6.72. The Kier molecular flexibility index (Phi) is 11.0. The third kappa shape index (κ3) is 8.96. The maximum absolute atomic E-state index is 12.7. The van der Waals surface area contributed by atoms with E-state index in [-0.39, 0.29) is 60.9 Å². The first-order valence-electron chi connectivity index (χ1n) is 16.1. The van der Waals surface area contributed by atoms with E-state index in [4.69, 9.17) is 0 Å². The molecule has 1 aliphatic rings. The molecule has 1 aliphatic carbocycles. The number of pyridine rings is 2. The van der Waals surface area contributed by atoms with Gasteiger partial charge in [-0.1, -0.05) is 6.42 Å². The Morgan fingerprint density at radius 1 is 0.562 bits per heavy atom. The van der Waals surface area contributed by atoms with Crippen LogP contribution in [0.2, 0.25) is 0 Å². The van der Waals surface area contributed by atoms with E-state index in [9.17, 15) is 19.2 Å². The number of hydrogen-bond acceptors (Lipinski definition) is 10. The van der Waals surface area contributed by atoms with E-state index in [1.165, 1.54) is 22.2 Å². The highest BCUT2D eigenvalue weighted by Gasteiger charge is 2.27. The maximum atomic E-state index is 12.7. The molecule has 0 aromatic carbocycles. The van der Waals surface area contributed by atoms with E-state index in [1.54, 1.807) is 52.5 Å². The molecular weight excluding hydrogens is 608 g/mol. The molecule has 2 atom stereocenters. The van der Waals surface area contributed by atoms with Crippen LogP contribution in [0, 0.1) is 0 Å². The number of Topliss-reactive ketones (excluding diaryl/α,β-unsaturated/α-hetero) is 2. The molecule has 2 amide bonds. The summed E-state index contributed by atoms with van der Waals surface area (Å²) in [6.07, 6.45) is 7.52. The van der Waals surface area contributed by atoms with Gasteiger partial charge < -0.3 is 9.80 Å². The molecule has 5 rings (SSSR count). The Bertz CT molecular complexity index is 1610. The Morgan fingerprint density at radius 3 is 1.29 bits per heavy atom. The lowest BCUT2D eigenvalue weighted by atomic mass is 9.78. The summed E-state index contributed by atoms with van der Waals surface area (Å²) in [5.74, 6) is 0.127. The van der Waals surface area contributed by atoms with Crippen LogP contribution in [-0.2, 0) is 35.3 Å². The first kappa shape index (κ1) is 34.1. The maximum Gasteiger partial charge on any atom is 0.254 e. The van der Waals surface area contributed by atoms with Crippen LogP contribution in [0.25, 0.3) is 0 Å². The van der Waals surface area contributed by atoms with Gasteiger partial charge in [-0.2, -0.15) is 20.4 Å². The van der Waals surface area contributed by atoms with E-state index in [1.807, 2.05) is 24.3 Å². The number of nitrogens with zero attached hydrogens (tertiary/aromatic N) is 8. The average molecular weight is 649 g/mol. The second kappa shape index (κ2) is 15.6. The van der Waals surface area contributed by atoms with Gasteiger partial charge >= 0.3 is 0 Å². The normalized spacial score (nSPS) is 15.8. The van der Waals surface area contributed by atoms with Gasteiger partial charge in [-0.3, -0.25) is 29.1 Å². The topological polar surface area (TPSA) is 152 Å². The average Bonchev–Trinajstić information content (AvgIpc) is 3.09. The zero-order valence-electron chi connectivity index (χ0n) is 27.8. The summed E-state index contributed by atoms with van der Waals surface area (Å²) < 4.78 is 0. The third-order valence-corrected chi connectivity index (χ3v) is 8.46.